The molecule has 3 N–H and O–H groups in total. The largest absolute Gasteiger partial charge is 0.458 e. The molecule has 0 bridgehead atoms. The first-order valence-electron chi connectivity index (χ1n) is 12.7. The van der Waals surface area contributed by atoms with Gasteiger partial charge in [-0.2, -0.15) is 0 Å². The van der Waals surface area contributed by atoms with Crippen molar-refractivity contribution in [2.75, 3.05) is 0 Å². The zero-order valence-electron chi connectivity index (χ0n) is 22.9. The van der Waals surface area contributed by atoms with Crippen LogP contribution in [0.4, 0.5) is 4.79 Å². The van der Waals surface area contributed by atoms with Crippen molar-refractivity contribution in [2.45, 2.75) is 78.3 Å². The Morgan fingerprint density at radius 2 is 1.32 bits per heavy atom. The number of rotatable bonds is 11. The van der Waals surface area contributed by atoms with Gasteiger partial charge < -0.3 is 25.4 Å². The summed E-state index contributed by atoms with van der Waals surface area (Å²) in [5, 5.41) is 7.93. The van der Waals surface area contributed by atoms with Crippen molar-refractivity contribution in [3.63, 3.8) is 0 Å². The maximum Gasteiger partial charge on any atom is 0.408 e. The van der Waals surface area contributed by atoms with Gasteiger partial charge in [-0.3, -0.25) is 9.59 Å². The zero-order chi connectivity index (χ0) is 28.3. The molecule has 206 valence electrons. The molecule has 2 aromatic carbocycles. The molecule has 38 heavy (non-hydrogen) atoms. The molecule has 0 saturated carbocycles. The minimum Gasteiger partial charge on any atom is -0.458 e. The van der Waals surface area contributed by atoms with E-state index in [4.69, 9.17) is 9.47 Å². The third kappa shape index (κ3) is 10.6. The van der Waals surface area contributed by atoms with Gasteiger partial charge in [0.1, 0.15) is 30.3 Å². The molecular formula is C29H39N3O6. The van der Waals surface area contributed by atoms with Gasteiger partial charge in [-0.15, -0.1) is 0 Å². The van der Waals surface area contributed by atoms with Crippen LogP contribution in [-0.2, 0) is 36.9 Å². The molecule has 2 aromatic rings. The van der Waals surface area contributed by atoms with Crippen molar-refractivity contribution in [2.24, 2.45) is 5.92 Å². The molecule has 0 aromatic heterocycles. The number of carbonyl (C=O) groups is 4. The number of amides is 3. The highest BCUT2D eigenvalue weighted by atomic mass is 16.6. The number of ether oxygens (including phenoxy) is 2. The van der Waals surface area contributed by atoms with E-state index < -0.39 is 47.6 Å². The molecule has 3 atom stereocenters. The second kappa shape index (κ2) is 14.2. The second-order valence-corrected chi connectivity index (χ2v) is 10.4. The number of hydrogen-bond acceptors (Lipinski definition) is 6. The van der Waals surface area contributed by atoms with Gasteiger partial charge in [0.2, 0.25) is 11.8 Å². The topological polar surface area (TPSA) is 123 Å². The number of hydrogen-bond donors (Lipinski definition) is 3. The molecule has 0 saturated heterocycles. The SMILES string of the molecule is CC(C)[C@H](NC(=O)[C@H](Cc1ccccc1)NC(=O)[C@H](C)NC(=O)OCc1ccccc1)C(=O)OC(C)(C)C. The van der Waals surface area contributed by atoms with E-state index in [9.17, 15) is 19.2 Å². The standard InChI is InChI=1S/C29H39N3O6/c1-19(2)24(27(35)38-29(4,5)6)32-26(34)23(17-21-13-9-7-10-14-21)31-25(33)20(3)30-28(36)37-18-22-15-11-8-12-16-22/h7-16,19-20,23-24H,17-18H2,1-6H3,(H,30,36)(H,31,33)(H,32,34)/t20-,23-,24-/m0/s1. The van der Waals surface area contributed by atoms with Gasteiger partial charge >= 0.3 is 12.1 Å². The van der Waals surface area contributed by atoms with Gasteiger partial charge in [0, 0.05) is 6.42 Å². The lowest BCUT2D eigenvalue weighted by Crippen LogP contribution is -2.57. The fourth-order valence-corrected chi connectivity index (χ4v) is 3.48. The van der Waals surface area contributed by atoms with E-state index in [-0.39, 0.29) is 18.9 Å². The third-order valence-electron chi connectivity index (χ3n) is 5.48. The molecule has 0 fully saturated rings. The summed E-state index contributed by atoms with van der Waals surface area (Å²) in [6.45, 7) is 10.4. The fraction of sp³-hybridized carbons (Fsp3) is 0.448. The van der Waals surface area contributed by atoms with E-state index >= 15 is 0 Å². The van der Waals surface area contributed by atoms with Crippen LogP contribution < -0.4 is 16.0 Å². The van der Waals surface area contributed by atoms with E-state index in [1.807, 2.05) is 60.7 Å². The summed E-state index contributed by atoms with van der Waals surface area (Å²) < 4.78 is 10.7. The molecule has 2 rings (SSSR count). The zero-order valence-corrected chi connectivity index (χ0v) is 22.9. The van der Waals surface area contributed by atoms with Crippen molar-refractivity contribution in [3.8, 4) is 0 Å². The Morgan fingerprint density at radius 3 is 1.84 bits per heavy atom. The first-order chi connectivity index (χ1) is 17.9. The minimum absolute atomic E-state index is 0.0569. The lowest BCUT2D eigenvalue weighted by atomic mass is 10.0. The Labute approximate surface area is 224 Å². The molecule has 0 aliphatic heterocycles. The predicted octanol–water partition coefficient (Wildman–Crippen LogP) is 3.51. The second-order valence-electron chi connectivity index (χ2n) is 10.4. The lowest BCUT2D eigenvalue weighted by molar-refractivity contribution is -0.160. The number of carbonyl (C=O) groups excluding carboxylic acids is 4. The quantitative estimate of drug-likeness (QED) is 0.386. The van der Waals surface area contributed by atoms with E-state index in [0.717, 1.165) is 11.1 Å². The lowest BCUT2D eigenvalue weighted by Gasteiger charge is -2.28. The van der Waals surface area contributed by atoms with Gasteiger partial charge in [0.25, 0.3) is 0 Å². The fourth-order valence-electron chi connectivity index (χ4n) is 3.48. The van der Waals surface area contributed by atoms with Crippen LogP contribution in [0.5, 0.6) is 0 Å². The van der Waals surface area contributed by atoms with E-state index in [1.165, 1.54) is 6.92 Å². The summed E-state index contributed by atoms with van der Waals surface area (Å²) in [5.74, 6) is -1.91. The van der Waals surface area contributed by atoms with E-state index in [0.29, 0.717) is 0 Å². The first-order valence-corrected chi connectivity index (χ1v) is 12.7. The number of alkyl carbamates (subject to hydrolysis) is 1. The van der Waals surface area contributed by atoms with Crippen molar-refractivity contribution in [1.29, 1.82) is 0 Å². The van der Waals surface area contributed by atoms with Crippen LogP contribution in [0.25, 0.3) is 0 Å². The molecule has 0 aliphatic carbocycles. The van der Waals surface area contributed by atoms with Crippen molar-refractivity contribution < 1.29 is 28.7 Å². The number of nitrogens with one attached hydrogen (secondary N) is 3. The Bertz CT molecular complexity index is 1070. The minimum atomic E-state index is -1.00. The van der Waals surface area contributed by atoms with Crippen molar-refractivity contribution in [3.05, 3.63) is 71.8 Å². The average molecular weight is 526 g/mol. The predicted molar refractivity (Wildman–Crippen MR) is 144 cm³/mol. The summed E-state index contributed by atoms with van der Waals surface area (Å²) in [5.41, 5.74) is 0.904. The van der Waals surface area contributed by atoms with Crippen molar-refractivity contribution >= 4 is 23.9 Å². The van der Waals surface area contributed by atoms with Crippen LogP contribution >= 0.6 is 0 Å². The first kappa shape index (κ1) is 30.3. The Kier molecular flexibility index (Phi) is 11.3. The van der Waals surface area contributed by atoms with Gasteiger partial charge in [-0.25, -0.2) is 9.59 Å². The molecule has 9 heteroatoms. The summed E-state index contributed by atoms with van der Waals surface area (Å²) in [6.07, 6.45) is -0.576. The molecule has 0 unspecified atom stereocenters. The van der Waals surface area contributed by atoms with Gasteiger partial charge in [-0.05, 0) is 44.7 Å². The van der Waals surface area contributed by atoms with Gasteiger partial charge in [0.05, 0.1) is 0 Å². The Morgan fingerprint density at radius 1 is 0.763 bits per heavy atom. The summed E-state index contributed by atoms with van der Waals surface area (Å²) >= 11 is 0. The molecule has 3 amide bonds. The summed E-state index contributed by atoms with van der Waals surface area (Å²) in [7, 11) is 0. The normalized spacial score (nSPS) is 13.6. The highest BCUT2D eigenvalue weighted by molar-refractivity contribution is 5.93. The van der Waals surface area contributed by atoms with Crippen LogP contribution in [0.15, 0.2) is 60.7 Å². The van der Waals surface area contributed by atoms with Crippen LogP contribution in [-0.4, -0.2) is 47.6 Å². The average Bonchev–Trinajstić information content (AvgIpc) is 2.85. The molecule has 0 heterocycles. The summed E-state index contributed by atoms with van der Waals surface area (Å²) in [6, 6.07) is 15.5. The molecule has 0 spiro atoms. The van der Waals surface area contributed by atoms with Crippen LogP contribution in [0.2, 0.25) is 0 Å². The van der Waals surface area contributed by atoms with Gasteiger partial charge in [0.15, 0.2) is 0 Å². The number of benzene rings is 2. The molecule has 9 nitrogen and oxygen atoms in total. The highest BCUT2D eigenvalue weighted by Crippen LogP contribution is 2.13. The smallest absolute Gasteiger partial charge is 0.408 e. The van der Waals surface area contributed by atoms with Gasteiger partial charge in [-0.1, -0.05) is 74.5 Å². The molecule has 0 radical (unpaired) electrons. The van der Waals surface area contributed by atoms with Crippen LogP contribution in [0.1, 0.15) is 52.7 Å². The number of esters is 1. The maximum atomic E-state index is 13.3. The summed E-state index contributed by atoms with van der Waals surface area (Å²) in [4.78, 5) is 51.2. The van der Waals surface area contributed by atoms with Crippen LogP contribution in [0, 0.1) is 5.92 Å². The Balaban J connectivity index is 2.08. The van der Waals surface area contributed by atoms with E-state index in [2.05, 4.69) is 16.0 Å². The maximum absolute atomic E-state index is 13.3. The van der Waals surface area contributed by atoms with E-state index in [1.54, 1.807) is 34.6 Å². The monoisotopic (exact) mass is 525 g/mol. The molecular weight excluding hydrogens is 486 g/mol. The highest BCUT2D eigenvalue weighted by Gasteiger charge is 2.32. The Hall–Kier alpha value is -3.88. The molecule has 0 aliphatic rings. The third-order valence-corrected chi connectivity index (χ3v) is 5.48. The van der Waals surface area contributed by atoms with Crippen LogP contribution in [0.3, 0.4) is 0 Å². The van der Waals surface area contributed by atoms with Crippen molar-refractivity contribution in [1.82, 2.24) is 16.0 Å².